The number of benzene rings is 1. The van der Waals surface area contributed by atoms with Crippen molar-refractivity contribution in [2.45, 2.75) is 13.3 Å². The minimum atomic E-state index is 0.172. The molecule has 0 aliphatic heterocycles. The molecular weight excluding hydrogens is 265 g/mol. The van der Waals surface area contributed by atoms with Crippen LogP contribution in [-0.4, -0.2) is 12.3 Å². The van der Waals surface area contributed by atoms with Gasteiger partial charge >= 0.3 is 0 Å². The molecule has 2 nitrogen and oxygen atoms in total. The Hall–Kier alpha value is -0.540. The van der Waals surface area contributed by atoms with Crippen molar-refractivity contribution >= 4 is 39.0 Å². The fourth-order valence-electron chi connectivity index (χ4n) is 1.01. The Morgan fingerprint density at radius 1 is 1.57 bits per heavy atom. The smallest absolute Gasteiger partial charge is 0.131 e. The number of Topliss-reactive ketones (excluding diaryl/α,β-unsaturated/α-hetero) is 1. The molecule has 0 fully saturated rings. The molecule has 0 unspecified atom stereocenters. The summed E-state index contributed by atoms with van der Waals surface area (Å²) in [5.74, 6) is 0.172. The Bertz CT molecular complexity index is 341. The van der Waals surface area contributed by atoms with Crippen LogP contribution >= 0.6 is 27.5 Å². The van der Waals surface area contributed by atoms with E-state index in [1.54, 1.807) is 6.92 Å². The van der Waals surface area contributed by atoms with E-state index >= 15 is 0 Å². The van der Waals surface area contributed by atoms with Gasteiger partial charge in [-0.1, -0.05) is 27.5 Å². The first-order valence-corrected chi connectivity index (χ1v) is 5.45. The second kappa shape index (κ2) is 5.37. The summed E-state index contributed by atoms with van der Waals surface area (Å²) < 4.78 is 0.944. The number of nitrogens with one attached hydrogen (secondary N) is 1. The van der Waals surface area contributed by atoms with Crippen molar-refractivity contribution in [2.24, 2.45) is 0 Å². The van der Waals surface area contributed by atoms with E-state index in [9.17, 15) is 4.79 Å². The lowest BCUT2D eigenvalue weighted by molar-refractivity contribution is -0.116. The third kappa shape index (κ3) is 3.68. The van der Waals surface area contributed by atoms with Crippen molar-refractivity contribution in [2.75, 3.05) is 11.9 Å². The van der Waals surface area contributed by atoms with Crippen molar-refractivity contribution in [3.63, 3.8) is 0 Å². The standard InChI is InChI=1S/C10H11BrClNO/c1-7(14)4-5-13-10-3-2-8(11)6-9(10)12/h2-3,6,13H,4-5H2,1H3. The van der Waals surface area contributed by atoms with Gasteiger partial charge in [0.25, 0.3) is 0 Å². The maximum absolute atomic E-state index is 10.7. The fourth-order valence-corrected chi connectivity index (χ4v) is 1.75. The Kier molecular flexibility index (Phi) is 4.42. The number of hydrogen-bond acceptors (Lipinski definition) is 2. The van der Waals surface area contributed by atoms with Gasteiger partial charge in [-0.2, -0.15) is 0 Å². The summed E-state index contributed by atoms with van der Waals surface area (Å²) >= 11 is 9.29. The molecule has 0 radical (unpaired) electrons. The van der Waals surface area contributed by atoms with Gasteiger partial charge in [-0.25, -0.2) is 0 Å². The van der Waals surface area contributed by atoms with E-state index in [4.69, 9.17) is 11.6 Å². The van der Waals surface area contributed by atoms with Crippen molar-refractivity contribution in [1.29, 1.82) is 0 Å². The summed E-state index contributed by atoms with van der Waals surface area (Å²) in [5.41, 5.74) is 0.858. The van der Waals surface area contributed by atoms with Crippen LogP contribution in [0.1, 0.15) is 13.3 Å². The minimum absolute atomic E-state index is 0.172. The number of anilines is 1. The van der Waals surface area contributed by atoms with E-state index in [2.05, 4.69) is 21.2 Å². The lowest BCUT2D eigenvalue weighted by Crippen LogP contribution is -2.05. The molecule has 1 aromatic carbocycles. The summed E-state index contributed by atoms with van der Waals surface area (Å²) in [4.78, 5) is 10.7. The number of rotatable bonds is 4. The maximum atomic E-state index is 10.7. The summed E-state index contributed by atoms with van der Waals surface area (Å²) in [6, 6.07) is 5.60. The second-order valence-electron chi connectivity index (χ2n) is 3.00. The number of carbonyl (C=O) groups is 1. The van der Waals surface area contributed by atoms with Gasteiger partial charge in [0, 0.05) is 17.4 Å². The highest BCUT2D eigenvalue weighted by atomic mass is 79.9. The van der Waals surface area contributed by atoms with Crippen LogP contribution in [0.2, 0.25) is 5.02 Å². The van der Waals surface area contributed by atoms with Gasteiger partial charge in [-0.05, 0) is 25.1 Å². The monoisotopic (exact) mass is 275 g/mol. The van der Waals surface area contributed by atoms with E-state index in [0.29, 0.717) is 18.0 Å². The van der Waals surface area contributed by atoms with Crippen LogP contribution in [0.3, 0.4) is 0 Å². The van der Waals surface area contributed by atoms with Crippen LogP contribution in [0.25, 0.3) is 0 Å². The summed E-state index contributed by atoms with van der Waals surface area (Å²) in [6.07, 6.45) is 0.520. The quantitative estimate of drug-likeness (QED) is 0.912. The van der Waals surface area contributed by atoms with Crippen LogP contribution in [0.5, 0.6) is 0 Å². The summed E-state index contributed by atoms with van der Waals surface area (Å²) in [5, 5.41) is 3.75. The molecule has 0 amide bonds. The van der Waals surface area contributed by atoms with Crippen molar-refractivity contribution in [3.8, 4) is 0 Å². The first kappa shape index (κ1) is 11.5. The highest BCUT2D eigenvalue weighted by Crippen LogP contribution is 2.25. The van der Waals surface area contributed by atoms with Gasteiger partial charge in [0.1, 0.15) is 5.78 Å². The normalized spacial score (nSPS) is 9.93. The number of hydrogen-bond donors (Lipinski definition) is 1. The zero-order valence-corrected chi connectivity index (χ0v) is 10.2. The summed E-state index contributed by atoms with van der Waals surface area (Å²) in [7, 11) is 0. The molecule has 0 aliphatic carbocycles. The lowest BCUT2D eigenvalue weighted by Gasteiger charge is -2.07. The zero-order valence-electron chi connectivity index (χ0n) is 7.81. The Morgan fingerprint density at radius 2 is 2.29 bits per heavy atom. The Morgan fingerprint density at radius 3 is 2.86 bits per heavy atom. The van der Waals surface area contributed by atoms with E-state index in [1.807, 2.05) is 18.2 Å². The SMILES string of the molecule is CC(=O)CCNc1ccc(Br)cc1Cl. The van der Waals surface area contributed by atoms with E-state index in [0.717, 1.165) is 10.2 Å². The van der Waals surface area contributed by atoms with Crippen LogP contribution in [0.4, 0.5) is 5.69 Å². The minimum Gasteiger partial charge on any atom is -0.383 e. The van der Waals surface area contributed by atoms with E-state index in [-0.39, 0.29) is 5.78 Å². The largest absolute Gasteiger partial charge is 0.383 e. The molecule has 1 aromatic rings. The topological polar surface area (TPSA) is 29.1 Å². The number of halogens is 2. The molecule has 0 aromatic heterocycles. The third-order valence-corrected chi connectivity index (χ3v) is 2.53. The maximum Gasteiger partial charge on any atom is 0.131 e. The van der Waals surface area contributed by atoms with Crippen LogP contribution in [-0.2, 0) is 4.79 Å². The van der Waals surface area contributed by atoms with Gasteiger partial charge < -0.3 is 5.32 Å². The fraction of sp³-hybridized carbons (Fsp3) is 0.300. The molecule has 0 atom stereocenters. The molecule has 4 heteroatoms. The molecule has 0 aliphatic rings. The predicted molar refractivity (Wildman–Crippen MR) is 62.9 cm³/mol. The van der Waals surface area contributed by atoms with Crippen LogP contribution in [0.15, 0.2) is 22.7 Å². The summed E-state index contributed by atoms with van der Waals surface area (Å²) in [6.45, 7) is 2.20. The lowest BCUT2D eigenvalue weighted by atomic mass is 10.3. The van der Waals surface area contributed by atoms with Gasteiger partial charge in [-0.3, -0.25) is 4.79 Å². The third-order valence-electron chi connectivity index (χ3n) is 1.72. The second-order valence-corrected chi connectivity index (χ2v) is 4.33. The van der Waals surface area contributed by atoms with Crippen molar-refractivity contribution < 1.29 is 4.79 Å². The molecule has 14 heavy (non-hydrogen) atoms. The van der Waals surface area contributed by atoms with Crippen LogP contribution in [0, 0.1) is 0 Å². The first-order valence-electron chi connectivity index (χ1n) is 4.28. The Labute approximate surface area is 96.8 Å². The average Bonchev–Trinajstić information content (AvgIpc) is 2.08. The molecule has 0 saturated heterocycles. The van der Waals surface area contributed by atoms with Gasteiger partial charge in [-0.15, -0.1) is 0 Å². The number of ketones is 1. The highest BCUT2D eigenvalue weighted by Gasteiger charge is 2.00. The Balaban J connectivity index is 2.55. The van der Waals surface area contributed by atoms with Gasteiger partial charge in [0.15, 0.2) is 0 Å². The molecule has 0 spiro atoms. The molecule has 0 bridgehead atoms. The highest BCUT2D eigenvalue weighted by molar-refractivity contribution is 9.10. The van der Waals surface area contributed by atoms with Gasteiger partial charge in [0.2, 0.25) is 0 Å². The molecule has 1 N–H and O–H groups in total. The van der Waals surface area contributed by atoms with E-state index in [1.165, 1.54) is 0 Å². The molecular formula is C10H11BrClNO. The molecule has 0 heterocycles. The number of carbonyl (C=O) groups excluding carboxylic acids is 1. The average molecular weight is 277 g/mol. The first-order chi connectivity index (χ1) is 6.59. The molecule has 76 valence electrons. The predicted octanol–water partition coefficient (Wildman–Crippen LogP) is 3.49. The molecule has 1 rings (SSSR count). The zero-order chi connectivity index (χ0) is 10.6. The molecule has 0 saturated carbocycles. The van der Waals surface area contributed by atoms with Crippen molar-refractivity contribution in [3.05, 3.63) is 27.7 Å². The van der Waals surface area contributed by atoms with Crippen molar-refractivity contribution in [1.82, 2.24) is 0 Å². The van der Waals surface area contributed by atoms with E-state index < -0.39 is 0 Å². The van der Waals surface area contributed by atoms with Crippen LogP contribution < -0.4 is 5.32 Å². The van der Waals surface area contributed by atoms with Gasteiger partial charge in [0.05, 0.1) is 10.7 Å².